The van der Waals surface area contributed by atoms with Crippen LogP contribution in [0.1, 0.15) is 36.2 Å². The van der Waals surface area contributed by atoms with Crippen LogP contribution in [0.25, 0.3) is 0 Å². The lowest BCUT2D eigenvalue weighted by atomic mass is 9.88. The molecule has 1 aromatic rings. The van der Waals surface area contributed by atoms with Gasteiger partial charge in [0.25, 0.3) is 0 Å². The fourth-order valence-electron chi connectivity index (χ4n) is 2.59. The molecule has 1 aliphatic heterocycles. The number of rotatable bonds is 3. The van der Waals surface area contributed by atoms with Crippen molar-refractivity contribution in [3.63, 3.8) is 0 Å². The van der Waals surface area contributed by atoms with Gasteiger partial charge in [0.15, 0.2) is 0 Å². The molecule has 104 valence electrons. The van der Waals surface area contributed by atoms with Gasteiger partial charge in [0.2, 0.25) is 0 Å². The first kappa shape index (κ1) is 14.0. The van der Waals surface area contributed by atoms with E-state index in [0.717, 1.165) is 31.0 Å². The molecule has 2 unspecified atom stereocenters. The van der Waals surface area contributed by atoms with Crippen LogP contribution in [0.15, 0.2) is 18.2 Å². The molecular weight excluding hydrogens is 245 g/mol. The Bertz CT molecular complexity index is 475. The van der Waals surface area contributed by atoms with Crippen molar-refractivity contribution in [1.29, 1.82) is 0 Å². The summed E-state index contributed by atoms with van der Waals surface area (Å²) in [5.41, 5.74) is 0.622. The highest BCUT2D eigenvalue weighted by atomic mass is 19.1. The molecular formula is C15H20FNO2. The molecule has 2 rings (SSSR count). The van der Waals surface area contributed by atoms with Gasteiger partial charge in [-0.1, -0.05) is 19.9 Å². The second-order valence-electron chi connectivity index (χ2n) is 5.60. The molecule has 1 aromatic carbocycles. The van der Waals surface area contributed by atoms with Crippen LogP contribution in [-0.2, 0) is 6.54 Å². The molecule has 0 aromatic heterocycles. The van der Waals surface area contributed by atoms with Crippen LogP contribution in [0.3, 0.4) is 0 Å². The highest BCUT2D eigenvalue weighted by Gasteiger charge is 2.22. The minimum Gasteiger partial charge on any atom is -0.478 e. The normalized spacial score (nSPS) is 24.4. The van der Waals surface area contributed by atoms with E-state index in [4.69, 9.17) is 5.11 Å². The van der Waals surface area contributed by atoms with Crippen LogP contribution in [0.2, 0.25) is 0 Å². The van der Waals surface area contributed by atoms with Crippen molar-refractivity contribution in [3.05, 3.63) is 35.1 Å². The number of carboxylic acids is 1. The molecule has 1 fully saturated rings. The Hall–Kier alpha value is -1.42. The second kappa shape index (κ2) is 5.70. The SMILES string of the molecule is CC1CCN(Cc2ccc(F)c(C(=O)O)c2)CC1C. The Kier molecular flexibility index (Phi) is 4.20. The minimum atomic E-state index is -1.21. The number of carboxylic acid groups (broad SMARTS) is 1. The average molecular weight is 265 g/mol. The predicted molar refractivity (Wildman–Crippen MR) is 71.6 cm³/mol. The number of nitrogens with zero attached hydrogens (tertiary/aromatic N) is 1. The third kappa shape index (κ3) is 3.32. The van der Waals surface area contributed by atoms with E-state index in [1.54, 1.807) is 6.07 Å². The third-order valence-electron chi connectivity index (χ3n) is 4.09. The molecule has 0 saturated carbocycles. The average Bonchev–Trinajstić information content (AvgIpc) is 2.36. The third-order valence-corrected chi connectivity index (χ3v) is 4.09. The fourth-order valence-corrected chi connectivity index (χ4v) is 2.59. The van der Waals surface area contributed by atoms with Crippen molar-refractivity contribution >= 4 is 5.97 Å². The molecule has 4 heteroatoms. The molecule has 0 amide bonds. The molecule has 1 heterocycles. The Balaban J connectivity index is 2.07. The number of piperidine rings is 1. The van der Waals surface area contributed by atoms with Gasteiger partial charge < -0.3 is 5.11 Å². The first-order valence-corrected chi connectivity index (χ1v) is 6.71. The van der Waals surface area contributed by atoms with E-state index in [-0.39, 0.29) is 5.56 Å². The van der Waals surface area contributed by atoms with Gasteiger partial charge in [-0.2, -0.15) is 0 Å². The van der Waals surface area contributed by atoms with Gasteiger partial charge in [0.05, 0.1) is 5.56 Å². The van der Waals surface area contributed by atoms with Gasteiger partial charge >= 0.3 is 5.97 Å². The molecule has 1 aliphatic rings. The van der Waals surface area contributed by atoms with E-state index >= 15 is 0 Å². The maximum absolute atomic E-state index is 13.3. The van der Waals surface area contributed by atoms with Crippen molar-refractivity contribution in [2.75, 3.05) is 13.1 Å². The number of halogens is 1. The van der Waals surface area contributed by atoms with Crippen molar-refractivity contribution in [2.45, 2.75) is 26.8 Å². The predicted octanol–water partition coefficient (Wildman–Crippen LogP) is 3.00. The number of aromatic carboxylic acids is 1. The van der Waals surface area contributed by atoms with E-state index in [1.807, 2.05) is 0 Å². The molecule has 0 bridgehead atoms. The van der Waals surface area contributed by atoms with Crippen molar-refractivity contribution in [1.82, 2.24) is 4.90 Å². The van der Waals surface area contributed by atoms with Crippen LogP contribution in [-0.4, -0.2) is 29.1 Å². The second-order valence-corrected chi connectivity index (χ2v) is 5.60. The molecule has 19 heavy (non-hydrogen) atoms. The van der Waals surface area contributed by atoms with E-state index in [0.29, 0.717) is 12.5 Å². The van der Waals surface area contributed by atoms with E-state index in [1.165, 1.54) is 12.1 Å². The Morgan fingerprint density at radius 1 is 1.42 bits per heavy atom. The molecule has 0 radical (unpaired) electrons. The number of hydrogen-bond donors (Lipinski definition) is 1. The zero-order valence-electron chi connectivity index (χ0n) is 11.4. The van der Waals surface area contributed by atoms with Gasteiger partial charge in [-0.05, 0) is 42.5 Å². The van der Waals surface area contributed by atoms with Gasteiger partial charge in [-0.25, -0.2) is 9.18 Å². The van der Waals surface area contributed by atoms with E-state index < -0.39 is 11.8 Å². The molecule has 1 saturated heterocycles. The Morgan fingerprint density at radius 2 is 2.16 bits per heavy atom. The molecule has 1 N–H and O–H groups in total. The van der Waals surface area contributed by atoms with E-state index in [9.17, 15) is 9.18 Å². The van der Waals surface area contributed by atoms with E-state index in [2.05, 4.69) is 18.7 Å². The molecule has 3 nitrogen and oxygen atoms in total. The number of likely N-dealkylation sites (tertiary alicyclic amines) is 1. The number of benzene rings is 1. The standard InChI is InChI=1S/C15H20FNO2/c1-10-5-6-17(8-11(10)2)9-12-3-4-14(16)13(7-12)15(18)19/h3-4,7,10-11H,5-6,8-9H2,1-2H3,(H,18,19). The smallest absolute Gasteiger partial charge is 0.338 e. The highest BCUT2D eigenvalue weighted by Crippen LogP contribution is 2.24. The lowest BCUT2D eigenvalue weighted by Crippen LogP contribution is -2.37. The summed E-state index contributed by atoms with van der Waals surface area (Å²) in [6, 6.07) is 4.36. The monoisotopic (exact) mass is 265 g/mol. The van der Waals surface area contributed by atoms with Crippen LogP contribution < -0.4 is 0 Å². The van der Waals surface area contributed by atoms with Crippen molar-refractivity contribution in [3.8, 4) is 0 Å². The summed E-state index contributed by atoms with van der Waals surface area (Å²) >= 11 is 0. The summed E-state index contributed by atoms with van der Waals surface area (Å²) < 4.78 is 13.3. The van der Waals surface area contributed by atoms with Gasteiger partial charge in [0.1, 0.15) is 5.82 Å². The zero-order valence-corrected chi connectivity index (χ0v) is 11.4. The number of carbonyl (C=O) groups is 1. The van der Waals surface area contributed by atoms with Gasteiger partial charge in [0, 0.05) is 13.1 Å². The zero-order chi connectivity index (χ0) is 14.0. The summed E-state index contributed by atoms with van der Waals surface area (Å²) in [5.74, 6) is -0.496. The fraction of sp³-hybridized carbons (Fsp3) is 0.533. The van der Waals surface area contributed by atoms with Crippen LogP contribution in [0.5, 0.6) is 0 Å². The lowest BCUT2D eigenvalue weighted by molar-refractivity contribution is 0.0691. The van der Waals surface area contributed by atoms with Crippen molar-refractivity contribution < 1.29 is 14.3 Å². The van der Waals surface area contributed by atoms with Crippen LogP contribution in [0.4, 0.5) is 4.39 Å². The lowest BCUT2D eigenvalue weighted by Gasteiger charge is -2.35. The minimum absolute atomic E-state index is 0.240. The topological polar surface area (TPSA) is 40.5 Å². The summed E-state index contributed by atoms with van der Waals surface area (Å²) in [5, 5.41) is 8.92. The Labute approximate surface area is 113 Å². The molecule has 2 atom stereocenters. The number of hydrogen-bond acceptors (Lipinski definition) is 2. The van der Waals surface area contributed by atoms with Crippen molar-refractivity contribution in [2.24, 2.45) is 11.8 Å². The Morgan fingerprint density at radius 3 is 2.79 bits per heavy atom. The summed E-state index contributed by atoms with van der Waals surface area (Å²) in [7, 11) is 0. The van der Waals surface area contributed by atoms with Gasteiger partial charge in [-0.15, -0.1) is 0 Å². The summed E-state index contributed by atoms with van der Waals surface area (Å²) in [6.07, 6.45) is 1.16. The first-order chi connectivity index (χ1) is 8.97. The largest absolute Gasteiger partial charge is 0.478 e. The van der Waals surface area contributed by atoms with Gasteiger partial charge in [-0.3, -0.25) is 4.90 Å². The molecule has 0 spiro atoms. The maximum Gasteiger partial charge on any atom is 0.338 e. The summed E-state index contributed by atoms with van der Waals surface area (Å²) in [6.45, 7) is 7.23. The van der Waals surface area contributed by atoms with Crippen LogP contribution in [0, 0.1) is 17.7 Å². The maximum atomic E-state index is 13.3. The van der Waals surface area contributed by atoms with Crippen LogP contribution >= 0.6 is 0 Å². The highest BCUT2D eigenvalue weighted by molar-refractivity contribution is 5.88. The quantitative estimate of drug-likeness (QED) is 0.913. The first-order valence-electron chi connectivity index (χ1n) is 6.71. The molecule has 0 aliphatic carbocycles. The summed E-state index contributed by atoms with van der Waals surface area (Å²) in [4.78, 5) is 13.2.